The first kappa shape index (κ1) is 21.8. The Kier molecular flexibility index (Phi) is 7.34. The highest BCUT2D eigenvalue weighted by molar-refractivity contribution is 14.1. The van der Waals surface area contributed by atoms with Crippen molar-refractivity contribution in [2.75, 3.05) is 5.32 Å². The zero-order valence-electron chi connectivity index (χ0n) is 15.1. The number of aryl methyl sites for hydroxylation is 1. The molecule has 1 amide bonds. The van der Waals surface area contributed by atoms with E-state index >= 15 is 0 Å². The molecule has 3 aromatic rings. The Balaban J connectivity index is 1.61. The molecule has 3 rings (SSSR count). The molecule has 2 aromatic carbocycles. The van der Waals surface area contributed by atoms with Crippen molar-refractivity contribution < 1.29 is 9.21 Å². The second-order valence-corrected chi connectivity index (χ2v) is 8.48. The van der Waals surface area contributed by atoms with Gasteiger partial charge in [-0.05, 0) is 95.8 Å². The zero-order chi connectivity index (χ0) is 21.0. The highest BCUT2D eigenvalue weighted by atomic mass is 127. The molecule has 4 nitrogen and oxygen atoms in total. The van der Waals surface area contributed by atoms with E-state index in [1.54, 1.807) is 30.3 Å². The summed E-state index contributed by atoms with van der Waals surface area (Å²) in [6.45, 7) is 1.97. The van der Waals surface area contributed by atoms with E-state index < -0.39 is 0 Å². The Labute approximate surface area is 197 Å². The molecule has 1 aromatic heterocycles. The zero-order valence-corrected chi connectivity index (χ0v) is 19.6. The lowest BCUT2D eigenvalue weighted by Crippen LogP contribution is -2.33. The Bertz CT molecular complexity index is 1110. The van der Waals surface area contributed by atoms with Crippen LogP contribution in [-0.2, 0) is 4.79 Å². The van der Waals surface area contributed by atoms with Gasteiger partial charge in [-0.1, -0.05) is 29.3 Å². The van der Waals surface area contributed by atoms with Gasteiger partial charge in [-0.3, -0.25) is 10.1 Å². The van der Waals surface area contributed by atoms with Crippen molar-refractivity contribution in [2.24, 2.45) is 0 Å². The number of furan rings is 1. The molecule has 0 fully saturated rings. The molecule has 0 aliphatic rings. The number of hydrogen-bond acceptors (Lipinski definition) is 3. The van der Waals surface area contributed by atoms with Gasteiger partial charge in [-0.15, -0.1) is 0 Å². The van der Waals surface area contributed by atoms with Crippen molar-refractivity contribution in [1.82, 2.24) is 5.32 Å². The molecular weight excluding hydrogens is 542 g/mol. The molecule has 0 aliphatic carbocycles. The quantitative estimate of drug-likeness (QED) is 0.213. The average molecular weight is 557 g/mol. The predicted octanol–water partition coefficient (Wildman–Crippen LogP) is 6.69. The Morgan fingerprint density at radius 1 is 1.17 bits per heavy atom. The Morgan fingerprint density at radius 2 is 1.97 bits per heavy atom. The summed E-state index contributed by atoms with van der Waals surface area (Å²) >= 11 is 19.7. The topological polar surface area (TPSA) is 54.3 Å². The SMILES string of the molecule is Cc1cc(I)ccc1NC(=S)NC(=O)C=Cc1ccc(-c2cccc(Cl)c2Cl)o1. The molecule has 0 saturated carbocycles. The van der Waals surface area contributed by atoms with Gasteiger partial charge in [-0.25, -0.2) is 0 Å². The van der Waals surface area contributed by atoms with Crippen LogP contribution in [0, 0.1) is 10.5 Å². The van der Waals surface area contributed by atoms with Crippen LogP contribution in [0.2, 0.25) is 10.0 Å². The van der Waals surface area contributed by atoms with Crippen LogP contribution in [0.25, 0.3) is 17.4 Å². The van der Waals surface area contributed by atoms with Gasteiger partial charge < -0.3 is 9.73 Å². The molecule has 0 spiro atoms. The number of amides is 1. The van der Waals surface area contributed by atoms with Crippen molar-refractivity contribution in [3.05, 3.63) is 79.5 Å². The second-order valence-electron chi connectivity index (χ2n) is 6.04. The minimum atomic E-state index is -0.371. The van der Waals surface area contributed by atoms with Crippen LogP contribution < -0.4 is 10.6 Å². The number of hydrogen-bond donors (Lipinski definition) is 2. The number of nitrogens with one attached hydrogen (secondary N) is 2. The summed E-state index contributed by atoms with van der Waals surface area (Å²) in [7, 11) is 0. The number of halogens is 3. The largest absolute Gasteiger partial charge is 0.457 e. The smallest absolute Gasteiger partial charge is 0.250 e. The summed E-state index contributed by atoms with van der Waals surface area (Å²) in [6, 6.07) is 14.7. The summed E-state index contributed by atoms with van der Waals surface area (Å²) in [4.78, 5) is 12.1. The number of thiocarbonyl (C=S) groups is 1. The van der Waals surface area contributed by atoms with Crippen LogP contribution in [0.4, 0.5) is 5.69 Å². The molecule has 0 bridgehead atoms. The van der Waals surface area contributed by atoms with Gasteiger partial charge in [-0.2, -0.15) is 0 Å². The van der Waals surface area contributed by atoms with Gasteiger partial charge >= 0.3 is 0 Å². The lowest BCUT2D eigenvalue weighted by molar-refractivity contribution is -0.115. The molecule has 0 radical (unpaired) electrons. The molecule has 0 aliphatic heterocycles. The van der Waals surface area contributed by atoms with Crippen LogP contribution in [-0.4, -0.2) is 11.0 Å². The van der Waals surface area contributed by atoms with Crippen molar-refractivity contribution >= 4 is 80.8 Å². The van der Waals surface area contributed by atoms with E-state index in [-0.39, 0.29) is 11.0 Å². The number of benzene rings is 2. The third kappa shape index (κ3) is 5.82. The summed E-state index contributed by atoms with van der Waals surface area (Å²) in [6.07, 6.45) is 2.90. The normalized spacial score (nSPS) is 10.9. The number of carbonyl (C=O) groups is 1. The van der Waals surface area contributed by atoms with Crippen LogP contribution in [0.15, 0.2) is 59.0 Å². The van der Waals surface area contributed by atoms with Crippen molar-refractivity contribution in [1.29, 1.82) is 0 Å². The first-order valence-corrected chi connectivity index (χ1v) is 10.7. The van der Waals surface area contributed by atoms with Gasteiger partial charge in [0.05, 0.1) is 10.0 Å². The third-order valence-corrected chi connectivity index (χ3v) is 5.61. The summed E-state index contributed by atoms with van der Waals surface area (Å²) in [5, 5.41) is 6.70. The van der Waals surface area contributed by atoms with E-state index in [9.17, 15) is 4.79 Å². The first-order valence-electron chi connectivity index (χ1n) is 8.44. The number of carbonyl (C=O) groups excluding carboxylic acids is 1. The van der Waals surface area contributed by atoms with Crippen molar-refractivity contribution in [3.63, 3.8) is 0 Å². The van der Waals surface area contributed by atoms with Crippen LogP contribution in [0.1, 0.15) is 11.3 Å². The lowest BCUT2D eigenvalue weighted by atomic mass is 10.2. The number of rotatable bonds is 4. The fraction of sp³-hybridized carbons (Fsp3) is 0.0476. The van der Waals surface area contributed by atoms with Gasteiger partial charge in [0.15, 0.2) is 5.11 Å². The molecule has 0 saturated heterocycles. The predicted molar refractivity (Wildman–Crippen MR) is 131 cm³/mol. The van der Waals surface area contributed by atoms with E-state index in [2.05, 4.69) is 33.2 Å². The average Bonchev–Trinajstić information content (AvgIpc) is 3.13. The maximum absolute atomic E-state index is 12.1. The first-order chi connectivity index (χ1) is 13.8. The fourth-order valence-corrected chi connectivity index (χ4v) is 3.76. The Morgan fingerprint density at radius 3 is 2.72 bits per heavy atom. The van der Waals surface area contributed by atoms with E-state index in [1.807, 2.05) is 31.2 Å². The summed E-state index contributed by atoms with van der Waals surface area (Å²) < 4.78 is 6.85. The van der Waals surface area contributed by atoms with E-state index in [4.69, 9.17) is 39.8 Å². The van der Waals surface area contributed by atoms with E-state index in [0.717, 1.165) is 14.8 Å². The van der Waals surface area contributed by atoms with Crippen LogP contribution in [0.5, 0.6) is 0 Å². The van der Waals surface area contributed by atoms with Crippen LogP contribution >= 0.6 is 58.0 Å². The molecule has 1 heterocycles. The minimum absolute atomic E-state index is 0.217. The van der Waals surface area contributed by atoms with Crippen LogP contribution in [0.3, 0.4) is 0 Å². The molecule has 0 atom stereocenters. The second kappa shape index (κ2) is 9.75. The lowest BCUT2D eigenvalue weighted by Gasteiger charge is -2.10. The molecule has 148 valence electrons. The Hall–Kier alpha value is -1.87. The third-order valence-electron chi connectivity index (χ3n) is 3.92. The van der Waals surface area contributed by atoms with E-state index in [1.165, 1.54) is 6.08 Å². The molecule has 29 heavy (non-hydrogen) atoms. The van der Waals surface area contributed by atoms with Crippen molar-refractivity contribution in [2.45, 2.75) is 6.92 Å². The van der Waals surface area contributed by atoms with Gasteiger partial charge in [0.25, 0.3) is 0 Å². The van der Waals surface area contributed by atoms with Crippen molar-refractivity contribution in [3.8, 4) is 11.3 Å². The monoisotopic (exact) mass is 556 g/mol. The maximum atomic E-state index is 12.1. The molecule has 2 N–H and O–H groups in total. The standard InChI is InChI=1S/C21H15Cl2IN2O2S/c1-12-11-13(24)5-8-17(12)25-21(29)26-19(27)10-7-14-6-9-18(28-14)15-3-2-4-16(22)20(15)23/h2-11H,1H3,(H2,25,26,27,29). The van der Waals surface area contributed by atoms with E-state index in [0.29, 0.717) is 27.1 Å². The maximum Gasteiger partial charge on any atom is 0.250 e. The molecule has 8 heteroatoms. The van der Waals surface area contributed by atoms with Gasteiger partial charge in [0.1, 0.15) is 11.5 Å². The fourth-order valence-electron chi connectivity index (χ4n) is 2.51. The van der Waals surface area contributed by atoms with Gasteiger partial charge in [0.2, 0.25) is 5.91 Å². The van der Waals surface area contributed by atoms with Gasteiger partial charge in [0, 0.05) is 20.9 Å². The molecule has 0 unspecified atom stereocenters. The highest BCUT2D eigenvalue weighted by Gasteiger charge is 2.10. The molecular formula is C21H15Cl2IN2O2S. The highest BCUT2D eigenvalue weighted by Crippen LogP contribution is 2.34. The minimum Gasteiger partial charge on any atom is -0.457 e. The summed E-state index contributed by atoms with van der Waals surface area (Å²) in [5.74, 6) is 0.687. The summed E-state index contributed by atoms with van der Waals surface area (Å²) in [5.41, 5.74) is 2.56. The number of anilines is 1.